The van der Waals surface area contributed by atoms with Gasteiger partial charge in [-0.1, -0.05) is 12.1 Å². The number of nitrogens with two attached hydrogens (primary N) is 1. The molecule has 0 spiro atoms. The number of ether oxygens (including phenoxy) is 3. The molecule has 0 radical (unpaired) electrons. The van der Waals surface area contributed by atoms with Crippen LogP contribution in [0.5, 0.6) is 11.5 Å². The summed E-state index contributed by atoms with van der Waals surface area (Å²) >= 11 is 0. The molecule has 2 aromatic rings. The minimum Gasteiger partial charge on any atom is -0.497 e. The second-order valence-corrected chi connectivity index (χ2v) is 6.00. The van der Waals surface area contributed by atoms with Gasteiger partial charge in [0.2, 0.25) is 0 Å². The Kier molecular flexibility index (Phi) is 9.48. The van der Waals surface area contributed by atoms with Crippen LogP contribution in [-0.4, -0.2) is 32.6 Å². The zero-order chi connectivity index (χ0) is 21.6. The molecule has 4 N–H and O–H groups in total. The number of amides is 1. The molecule has 7 nitrogen and oxygen atoms in total. The third-order valence-electron chi connectivity index (χ3n) is 4.17. The number of methoxy groups -OCH3 is 2. The van der Waals surface area contributed by atoms with E-state index in [1.165, 1.54) is 14.2 Å². The van der Waals surface area contributed by atoms with Crippen molar-refractivity contribution in [3.05, 3.63) is 58.7 Å². The largest absolute Gasteiger partial charge is 0.497 e. The van der Waals surface area contributed by atoms with E-state index in [2.05, 4.69) is 5.32 Å². The lowest BCUT2D eigenvalue weighted by Crippen LogP contribution is -2.32. The fraction of sp³-hybridized carbons (Fsp3) is 0.300. The number of nitrogen functional groups attached to an aromatic ring is 1. The molecular weight excluding hydrogens is 420 g/mol. The SMILES string of the molecule is CCO[C@H](C(=O)NCc1ccc(C(=N)N)cc1OC)c1c(F)cc(OC)cc1F.Cl. The molecule has 0 aliphatic heterocycles. The molecule has 164 valence electrons. The lowest BCUT2D eigenvalue weighted by atomic mass is 10.1. The first kappa shape index (κ1) is 25.1. The van der Waals surface area contributed by atoms with Gasteiger partial charge < -0.3 is 25.3 Å². The Hall–Kier alpha value is -2.91. The van der Waals surface area contributed by atoms with Crippen LogP contribution in [0.3, 0.4) is 0 Å². The van der Waals surface area contributed by atoms with E-state index < -0.39 is 29.2 Å². The quantitative estimate of drug-likeness (QED) is 0.408. The van der Waals surface area contributed by atoms with E-state index in [-0.39, 0.29) is 37.1 Å². The van der Waals surface area contributed by atoms with E-state index >= 15 is 0 Å². The summed E-state index contributed by atoms with van der Waals surface area (Å²) < 4.78 is 44.2. The smallest absolute Gasteiger partial charge is 0.254 e. The zero-order valence-electron chi connectivity index (χ0n) is 16.8. The monoisotopic (exact) mass is 443 g/mol. The van der Waals surface area contributed by atoms with Gasteiger partial charge in [-0.3, -0.25) is 10.2 Å². The molecule has 0 saturated carbocycles. The van der Waals surface area contributed by atoms with Crippen molar-refractivity contribution in [3.63, 3.8) is 0 Å². The van der Waals surface area contributed by atoms with Crippen LogP contribution in [0.25, 0.3) is 0 Å². The maximum atomic E-state index is 14.4. The number of hydrogen-bond donors (Lipinski definition) is 3. The van der Waals surface area contributed by atoms with E-state index in [0.717, 1.165) is 12.1 Å². The van der Waals surface area contributed by atoms with Crippen molar-refractivity contribution in [1.82, 2.24) is 5.32 Å². The van der Waals surface area contributed by atoms with Crippen molar-refractivity contribution < 1.29 is 27.8 Å². The first-order valence-corrected chi connectivity index (χ1v) is 8.75. The van der Waals surface area contributed by atoms with Gasteiger partial charge in [-0.2, -0.15) is 0 Å². The van der Waals surface area contributed by atoms with Crippen LogP contribution < -0.4 is 20.5 Å². The lowest BCUT2D eigenvalue weighted by molar-refractivity contribution is -0.133. The van der Waals surface area contributed by atoms with Crippen molar-refractivity contribution in [2.75, 3.05) is 20.8 Å². The summed E-state index contributed by atoms with van der Waals surface area (Å²) in [5, 5.41) is 10.1. The summed E-state index contributed by atoms with van der Waals surface area (Å²) in [5.74, 6) is -2.33. The Morgan fingerprint density at radius 3 is 2.30 bits per heavy atom. The van der Waals surface area contributed by atoms with Gasteiger partial charge >= 0.3 is 0 Å². The molecule has 0 saturated heterocycles. The molecule has 2 aromatic carbocycles. The molecule has 0 unspecified atom stereocenters. The molecule has 1 amide bonds. The Labute approximate surface area is 179 Å². The number of rotatable bonds is 9. The minimum absolute atomic E-state index is 0. The number of benzene rings is 2. The van der Waals surface area contributed by atoms with Crippen LogP contribution in [0.2, 0.25) is 0 Å². The van der Waals surface area contributed by atoms with E-state index in [9.17, 15) is 13.6 Å². The third-order valence-corrected chi connectivity index (χ3v) is 4.17. The van der Waals surface area contributed by atoms with Crippen LogP contribution in [-0.2, 0) is 16.1 Å². The molecule has 2 rings (SSSR count). The predicted molar refractivity (Wildman–Crippen MR) is 110 cm³/mol. The number of nitrogens with one attached hydrogen (secondary N) is 2. The standard InChI is InChI=1S/C20H23F2N3O4.ClH/c1-4-29-18(17-14(21)8-13(27-2)9-15(17)22)20(26)25-10-12-6-5-11(19(23)24)7-16(12)28-3;/h5-9,18H,4,10H2,1-3H3,(H3,23,24)(H,25,26);1H/t18-;/m0./s1. The number of amidine groups is 1. The average molecular weight is 444 g/mol. The van der Waals surface area contributed by atoms with E-state index in [0.29, 0.717) is 16.9 Å². The van der Waals surface area contributed by atoms with Crippen molar-refractivity contribution >= 4 is 24.1 Å². The molecule has 30 heavy (non-hydrogen) atoms. The van der Waals surface area contributed by atoms with Crippen LogP contribution in [0, 0.1) is 17.0 Å². The van der Waals surface area contributed by atoms with Crippen molar-refractivity contribution in [2.24, 2.45) is 5.73 Å². The average Bonchev–Trinajstić information content (AvgIpc) is 2.70. The number of halogens is 3. The van der Waals surface area contributed by atoms with Crippen molar-refractivity contribution in [1.29, 1.82) is 5.41 Å². The molecule has 10 heteroatoms. The van der Waals surface area contributed by atoms with Gasteiger partial charge in [-0.15, -0.1) is 12.4 Å². The summed E-state index contributed by atoms with van der Waals surface area (Å²) in [6.07, 6.45) is -1.48. The number of carbonyl (C=O) groups excluding carboxylic acids is 1. The first-order valence-electron chi connectivity index (χ1n) is 8.75. The van der Waals surface area contributed by atoms with Crippen LogP contribution in [0.4, 0.5) is 8.78 Å². The second kappa shape index (κ2) is 11.3. The number of hydrogen-bond acceptors (Lipinski definition) is 5. The maximum absolute atomic E-state index is 14.4. The summed E-state index contributed by atoms with van der Waals surface area (Å²) in [7, 11) is 2.72. The fourth-order valence-corrected chi connectivity index (χ4v) is 2.72. The van der Waals surface area contributed by atoms with E-state index in [1.807, 2.05) is 0 Å². The fourth-order valence-electron chi connectivity index (χ4n) is 2.72. The topological polar surface area (TPSA) is 107 Å². The highest BCUT2D eigenvalue weighted by Crippen LogP contribution is 2.28. The molecular formula is C20H24ClF2N3O4. The Balaban J connectivity index is 0.00000450. The van der Waals surface area contributed by atoms with Crippen molar-refractivity contribution in [3.8, 4) is 11.5 Å². The molecule has 0 bridgehead atoms. The van der Waals surface area contributed by atoms with E-state index in [1.54, 1.807) is 25.1 Å². The van der Waals surface area contributed by atoms with Crippen molar-refractivity contribution in [2.45, 2.75) is 19.6 Å². The van der Waals surface area contributed by atoms with Gasteiger partial charge in [0, 0.05) is 36.4 Å². The Morgan fingerprint density at radius 1 is 1.17 bits per heavy atom. The van der Waals surface area contributed by atoms with Gasteiger partial charge in [0.05, 0.1) is 19.8 Å². The van der Waals surface area contributed by atoms with Gasteiger partial charge in [-0.25, -0.2) is 8.78 Å². The highest BCUT2D eigenvalue weighted by molar-refractivity contribution is 5.95. The summed E-state index contributed by atoms with van der Waals surface area (Å²) in [6, 6.07) is 6.78. The van der Waals surface area contributed by atoms with Gasteiger partial charge in [0.15, 0.2) is 6.10 Å². The van der Waals surface area contributed by atoms with Gasteiger partial charge in [0.1, 0.15) is 29.0 Å². The summed E-state index contributed by atoms with van der Waals surface area (Å²) in [5.41, 5.74) is 6.02. The highest BCUT2D eigenvalue weighted by atomic mass is 35.5. The van der Waals surface area contributed by atoms with Crippen LogP contribution in [0.1, 0.15) is 29.7 Å². The summed E-state index contributed by atoms with van der Waals surface area (Å²) in [4.78, 5) is 12.6. The predicted octanol–water partition coefficient (Wildman–Crippen LogP) is 3.08. The molecule has 0 heterocycles. The molecule has 0 aromatic heterocycles. The molecule has 0 fully saturated rings. The lowest BCUT2D eigenvalue weighted by Gasteiger charge is -2.19. The van der Waals surface area contributed by atoms with Gasteiger partial charge in [0.25, 0.3) is 5.91 Å². The second-order valence-electron chi connectivity index (χ2n) is 6.00. The third kappa shape index (κ3) is 5.80. The normalized spacial score (nSPS) is 11.2. The van der Waals surface area contributed by atoms with Crippen LogP contribution >= 0.6 is 12.4 Å². The van der Waals surface area contributed by atoms with Gasteiger partial charge in [-0.05, 0) is 13.0 Å². The minimum atomic E-state index is -1.48. The molecule has 0 aliphatic carbocycles. The Morgan fingerprint density at radius 2 is 1.80 bits per heavy atom. The highest BCUT2D eigenvalue weighted by Gasteiger charge is 2.28. The summed E-state index contributed by atoms with van der Waals surface area (Å²) in [6.45, 7) is 1.70. The zero-order valence-corrected chi connectivity index (χ0v) is 17.6. The van der Waals surface area contributed by atoms with Crippen LogP contribution in [0.15, 0.2) is 30.3 Å². The number of carbonyl (C=O) groups is 1. The first-order chi connectivity index (χ1) is 13.8. The Bertz CT molecular complexity index is 889. The van der Waals surface area contributed by atoms with E-state index in [4.69, 9.17) is 25.4 Å². The molecule has 1 atom stereocenters. The maximum Gasteiger partial charge on any atom is 0.254 e. The molecule has 0 aliphatic rings.